The van der Waals surface area contributed by atoms with Crippen molar-refractivity contribution >= 4 is 0 Å². The van der Waals surface area contributed by atoms with Crippen LogP contribution in [0.25, 0.3) is 0 Å². The first-order valence-corrected chi connectivity index (χ1v) is 5.77. The lowest BCUT2D eigenvalue weighted by atomic mass is 10.0. The number of hydroxylamine groups is 2. The monoisotopic (exact) mass is 297 g/mol. The molecule has 0 amide bonds. The summed E-state index contributed by atoms with van der Waals surface area (Å²) >= 11 is 0. The largest absolute Gasteiger partial charge is 0.403 e. The summed E-state index contributed by atoms with van der Waals surface area (Å²) in [6.45, 7) is -1.35. The average Bonchev–Trinajstić information content (AvgIpc) is 2.68. The van der Waals surface area contributed by atoms with Crippen LogP contribution in [0.5, 0.6) is 0 Å². The first-order valence-electron chi connectivity index (χ1n) is 5.77. The Morgan fingerprint density at radius 2 is 1.85 bits per heavy atom. The second-order valence-corrected chi connectivity index (χ2v) is 4.42. The van der Waals surface area contributed by atoms with Gasteiger partial charge in [0, 0.05) is 19.6 Å². The summed E-state index contributed by atoms with van der Waals surface area (Å²) in [7, 11) is 1.28. The molecule has 2 atom stereocenters. The quantitative estimate of drug-likeness (QED) is 0.800. The summed E-state index contributed by atoms with van der Waals surface area (Å²) in [6, 6.07) is 1.70. The zero-order chi connectivity index (χ0) is 14.9. The number of alkyl halides is 3. The van der Waals surface area contributed by atoms with E-state index in [2.05, 4.69) is 0 Å². The Hall–Kier alpha value is -1.25. The van der Waals surface area contributed by atoms with E-state index in [-0.39, 0.29) is 12.0 Å². The highest BCUT2D eigenvalue weighted by molar-refractivity contribution is 5.22. The van der Waals surface area contributed by atoms with Gasteiger partial charge < -0.3 is 4.74 Å². The van der Waals surface area contributed by atoms with Gasteiger partial charge in [-0.15, -0.1) is 0 Å². The number of rotatable bonds is 3. The van der Waals surface area contributed by atoms with Crippen molar-refractivity contribution in [2.45, 2.75) is 24.9 Å². The lowest BCUT2D eigenvalue weighted by Crippen LogP contribution is -2.33. The van der Waals surface area contributed by atoms with E-state index >= 15 is 0 Å². The van der Waals surface area contributed by atoms with E-state index in [1.54, 1.807) is 0 Å². The molecule has 0 aliphatic carbocycles. The molecule has 0 spiro atoms. The van der Waals surface area contributed by atoms with Crippen molar-refractivity contribution in [3.63, 3.8) is 0 Å². The highest BCUT2D eigenvalue weighted by atomic mass is 19.4. The van der Waals surface area contributed by atoms with Crippen molar-refractivity contribution in [3.05, 3.63) is 35.4 Å². The van der Waals surface area contributed by atoms with Crippen LogP contribution in [0.2, 0.25) is 0 Å². The van der Waals surface area contributed by atoms with Crippen molar-refractivity contribution < 1.29 is 31.5 Å². The Labute approximate surface area is 111 Å². The van der Waals surface area contributed by atoms with Crippen LogP contribution in [0, 0.1) is 11.6 Å². The molecule has 2 rings (SSSR count). The summed E-state index contributed by atoms with van der Waals surface area (Å²) in [4.78, 5) is 4.98. The SMILES string of the molecule is COC1CC(c2cc(F)cc(F)c2)N(CC(F)(F)F)O1. The first-order chi connectivity index (χ1) is 9.28. The molecule has 1 saturated heterocycles. The van der Waals surface area contributed by atoms with Gasteiger partial charge in [-0.05, 0) is 17.7 Å². The molecule has 0 saturated carbocycles. The molecule has 1 fully saturated rings. The first kappa shape index (κ1) is 15.1. The van der Waals surface area contributed by atoms with Gasteiger partial charge in [-0.25, -0.2) is 8.78 Å². The molecule has 1 aliphatic heterocycles. The molecule has 0 N–H and O–H groups in total. The van der Waals surface area contributed by atoms with Gasteiger partial charge in [0.15, 0.2) is 6.29 Å². The molecule has 1 aromatic rings. The number of nitrogens with zero attached hydrogens (tertiary/aromatic N) is 1. The number of methoxy groups -OCH3 is 1. The van der Waals surface area contributed by atoms with E-state index in [0.29, 0.717) is 11.1 Å². The van der Waals surface area contributed by atoms with Gasteiger partial charge in [0.05, 0.1) is 6.04 Å². The van der Waals surface area contributed by atoms with E-state index in [1.165, 1.54) is 7.11 Å². The molecular weight excluding hydrogens is 285 g/mol. The fraction of sp³-hybridized carbons (Fsp3) is 0.500. The standard InChI is InChI=1S/C12H12F5NO2/c1-19-11-5-10(18(20-11)6-12(15,16)17)7-2-8(13)4-9(14)3-7/h2-4,10-11H,5-6H2,1H3. The van der Waals surface area contributed by atoms with E-state index in [0.717, 1.165) is 12.1 Å². The number of halogens is 5. The van der Waals surface area contributed by atoms with Crippen LogP contribution in [-0.4, -0.2) is 31.2 Å². The Morgan fingerprint density at radius 3 is 2.35 bits per heavy atom. The maximum atomic E-state index is 13.2. The van der Waals surface area contributed by atoms with E-state index in [1.807, 2.05) is 0 Å². The third-order valence-corrected chi connectivity index (χ3v) is 2.88. The number of benzene rings is 1. The van der Waals surface area contributed by atoms with Gasteiger partial charge in [-0.2, -0.15) is 18.2 Å². The Morgan fingerprint density at radius 1 is 1.25 bits per heavy atom. The zero-order valence-electron chi connectivity index (χ0n) is 10.5. The molecule has 2 unspecified atom stereocenters. The van der Waals surface area contributed by atoms with Crippen molar-refractivity contribution in [2.75, 3.05) is 13.7 Å². The minimum Gasteiger partial charge on any atom is -0.354 e. The number of hydrogen-bond acceptors (Lipinski definition) is 3. The Kier molecular flexibility index (Phi) is 4.26. The second-order valence-electron chi connectivity index (χ2n) is 4.42. The zero-order valence-corrected chi connectivity index (χ0v) is 10.5. The summed E-state index contributed by atoms with van der Waals surface area (Å²) in [5.41, 5.74) is 0.0753. The molecule has 8 heteroatoms. The predicted octanol–water partition coefficient (Wildman–Crippen LogP) is 3.18. The van der Waals surface area contributed by atoms with Gasteiger partial charge in [-0.3, -0.25) is 4.84 Å². The molecule has 20 heavy (non-hydrogen) atoms. The summed E-state index contributed by atoms with van der Waals surface area (Å²) in [5.74, 6) is -1.71. The van der Waals surface area contributed by atoms with Crippen molar-refractivity contribution in [1.29, 1.82) is 0 Å². The molecule has 3 nitrogen and oxygen atoms in total. The lowest BCUT2D eigenvalue weighted by Gasteiger charge is -2.23. The maximum Gasteiger partial charge on any atom is 0.403 e. The van der Waals surface area contributed by atoms with E-state index in [4.69, 9.17) is 9.57 Å². The van der Waals surface area contributed by atoms with E-state index in [9.17, 15) is 22.0 Å². The molecule has 1 heterocycles. The summed E-state index contributed by atoms with van der Waals surface area (Å²) < 4.78 is 68.6. The van der Waals surface area contributed by atoms with Crippen LogP contribution in [0.4, 0.5) is 22.0 Å². The van der Waals surface area contributed by atoms with Crippen molar-refractivity contribution in [3.8, 4) is 0 Å². The van der Waals surface area contributed by atoms with Crippen LogP contribution in [0.1, 0.15) is 18.0 Å². The third-order valence-electron chi connectivity index (χ3n) is 2.88. The number of hydrogen-bond donors (Lipinski definition) is 0. The van der Waals surface area contributed by atoms with Crippen LogP contribution in [0.3, 0.4) is 0 Å². The molecule has 1 aromatic carbocycles. The molecule has 0 bridgehead atoms. The molecule has 0 aromatic heterocycles. The van der Waals surface area contributed by atoms with Gasteiger partial charge in [0.1, 0.15) is 18.2 Å². The van der Waals surface area contributed by atoms with E-state index < -0.39 is 36.7 Å². The molecular formula is C12H12F5NO2. The Bertz CT molecular complexity index is 459. The topological polar surface area (TPSA) is 21.7 Å². The highest BCUT2D eigenvalue weighted by Crippen LogP contribution is 2.37. The normalized spacial score (nSPS) is 24.3. The average molecular weight is 297 g/mol. The predicted molar refractivity (Wildman–Crippen MR) is 58.4 cm³/mol. The molecule has 0 radical (unpaired) electrons. The van der Waals surface area contributed by atoms with Crippen molar-refractivity contribution in [1.82, 2.24) is 5.06 Å². The second kappa shape index (κ2) is 5.63. The van der Waals surface area contributed by atoms with Crippen molar-refractivity contribution in [2.24, 2.45) is 0 Å². The smallest absolute Gasteiger partial charge is 0.354 e. The molecule has 1 aliphatic rings. The van der Waals surface area contributed by atoms with Crippen LogP contribution >= 0.6 is 0 Å². The van der Waals surface area contributed by atoms with Gasteiger partial charge in [0.2, 0.25) is 0 Å². The minimum atomic E-state index is -4.49. The van der Waals surface area contributed by atoms with Crippen LogP contribution in [0.15, 0.2) is 18.2 Å². The van der Waals surface area contributed by atoms with Gasteiger partial charge in [0.25, 0.3) is 0 Å². The number of ether oxygens (including phenoxy) is 1. The summed E-state index contributed by atoms with van der Waals surface area (Å²) in [5, 5.41) is 0.641. The minimum absolute atomic E-state index is 0.0511. The fourth-order valence-electron chi connectivity index (χ4n) is 2.10. The highest BCUT2D eigenvalue weighted by Gasteiger charge is 2.42. The van der Waals surface area contributed by atoms with Crippen LogP contribution < -0.4 is 0 Å². The Balaban J connectivity index is 2.26. The third kappa shape index (κ3) is 3.65. The fourth-order valence-corrected chi connectivity index (χ4v) is 2.10. The van der Waals surface area contributed by atoms with Gasteiger partial charge >= 0.3 is 6.18 Å². The molecule has 112 valence electrons. The van der Waals surface area contributed by atoms with Crippen LogP contribution in [-0.2, 0) is 9.57 Å². The van der Waals surface area contributed by atoms with Gasteiger partial charge in [-0.1, -0.05) is 0 Å². The lowest BCUT2D eigenvalue weighted by molar-refractivity contribution is -0.272. The summed E-state index contributed by atoms with van der Waals surface area (Å²) in [6.07, 6.45) is -5.32. The maximum absolute atomic E-state index is 13.2.